The van der Waals surface area contributed by atoms with Crippen LogP contribution >= 0.6 is 0 Å². The molecule has 5 aromatic rings. The number of anilines is 6. The molecule has 0 fully saturated rings. The largest absolute Gasteiger partial charge is 0.311 e. The second kappa shape index (κ2) is 12.0. The summed E-state index contributed by atoms with van der Waals surface area (Å²) in [5.74, 6) is 0. The van der Waals surface area contributed by atoms with Crippen molar-refractivity contribution in [1.82, 2.24) is 0 Å². The summed E-state index contributed by atoms with van der Waals surface area (Å²) in [6.07, 6.45) is 0. The van der Waals surface area contributed by atoms with Crippen molar-refractivity contribution in [2.24, 2.45) is 0 Å². The van der Waals surface area contributed by atoms with Gasteiger partial charge in [0.15, 0.2) is 0 Å². The lowest BCUT2D eigenvalue weighted by atomic mass is 9.33. The van der Waals surface area contributed by atoms with Crippen molar-refractivity contribution in [2.75, 3.05) is 9.80 Å². The van der Waals surface area contributed by atoms with Crippen molar-refractivity contribution in [3.05, 3.63) is 119 Å². The smallest absolute Gasteiger partial charge is 0.252 e. The minimum absolute atomic E-state index is 0.0222. The van der Waals surface area contributed by atoms with Crippen LogP contribution in [0.25, 0.3) is 0 Å². The highest BCUT2D eigenvalue weighted by atomic mass is 28.2. The second-order valence-electron chi connectivity index (χ2n) is 19.5. The van der Waals surface area contributed by atoms with Gasteiger partial charge in [0.25, 0.3) is 6.71 Å². The van der Waals surface area contributed by atoms with Gasteiger partial charge in [-0.3, -0.25) is 0 Å². The van der Waals surface area contributed by atoms with E-state index in [1.54, 1.807) is 0 Å². The van der Waals surface area contributed by atoms with E-state index in [0.29, 0.717) is 5.04 Å². The van der Waals surface area contributed by atoms with Crippen molar-refractivity contribution in [1.29, 1.82) is 0 Å². The molecule has 2 nitrogen and oxygen atoms in total. The van der Waals surface area contributed by atoms with Crippen LogP contribution in [0, 0.1) is 6.92 Å². The molecule has 0 amide bonds. The third-order valence-electron chi connectivity index (χ3n) is 10.8. The van der Waals surface area contributed by atoms with E-state index in [1.165, 1.54) is 78.0 Å². The molecule has 0 spiro atoms. The minimum Gasteiger partial charge on any atom is -0.311 e. The summed E-state index contributed by atoms with van der Waals surface area (Å²) in [5, 5.41) is 1.86. The lowest BCUT2D eigenvalue weighted by Crippen LogP contribution is -2.62. The Morgan fingerprint density at radius 3 is 1.65 bits per heavy atom. The van der Waals surface area contributed by atoms with E-state index in [2.05, 4.69) is 197 Å². The van der Waals surface area contributed by atoms with Crippen LogP contribution in [0.4, 0.5) is 34.1 Å². The molecule has 5 aromatic carbocycles. The van der Waals surface area contributed by atoms with Gasteiger partial charge in [-0.25, -0.2) is 0 Å². The molecule has 2 heterocycles. The molecule has 0 saturated carbocycles. The van der Waals surface area contributed by atoms with Crippen molar-refractivity contribution in [2.45, 2.75) is 111 Å². The van der Waals surface area contributed by atoms with Gasteiger partial charge in [-0.15, -0.1) is 0 Å². The number of hydrogen-bond donors (Lipinski definition) is 0. The van der Waals surface area contributed by atoms with Crippen molar-refractivity contribution in [3.8, 4) is 0 Å². The van der Waals surface area contributed by atoms with E-state index in [-0.39, 0.29) is 23.0 Å². The fourth-order valence-corrected chi connectivity index (χ4v) is 10.1. The molecule has 0 saturated heterocycles. The molecule has 4 heteroatoms. The summed E-state index contributed by atoms with van der Waals surface area (Å²) < 4.78 is 0. The maximum absolute atomic E-state index is 2.61. The van der Waals surface area contributed by atoms with Gasteiger partial charge < -0.3 is 9.80 Å². The Kier molecular flexibility index (Phi) is 8.34. The minimum atomic E-state index is -0.520. The van der Waals surface area contributed by atoms with Gasteiger partial charge >= 0.3 is 0 Å². The first-order valence-corrected chi connectivity index (χ1v) is 20.4. The van der Waals surface area contributed by atoms with Gasteiger partial charge in [0.05, 0.1) is 9.52 Å². The number of hydrogen-bond acceptors (Lipinski definition) is 2. The number of rotatable bonds is 3. The molecule has 0 aliphatic carbocycles. The summed E-state index contributed by atoms with van der Waals surface area (Å²) in [5.41, 5.74) is 17.4. The summed E-state index contributed by atoms with van der Waals surface area (Å²) >= 11 is 0. The summed E-state index contributed by atoms with van der Waals surface area (Å²) in [6.45, 7) is 30.6. The topological polar surface area (TPSA) is 6.48 Å². The maximum Gasteiger partial charge on any atom is 0.252 e. The van der Waals surface area contributed by atoms with Gasteiger partial charge in [0, 0.05) is 34.1 Å². The zero-order chi connectivity index (χ0) is 36.8. The van der Waals surface area contributed by atoms with Gasteiger partial charge in [-0.05, 0) is 109 Å². The molecule has 0 N–H and O–H groups in total. The highest BCUT2D eigenvalue weighted by Gasteiger charge is 2.44. The molecular weight excluding hydrogens is 631 g/mol. The first-order chi connectivity index (χ1) is 23.7. The van der Waals surface area contributed by atoms with E-state index in [0.717, 1.165) is 0 Å². The third-order valence-corrected chi connectivity index (χ3v) is 12.7. The van der Waals surface area contributed by atoms with E-state index >= 15 is 0 Å². The van der Waals surface area contributed by atoms with Gasteiger partial charge in [0.2, 0.25) is 0 Å². The third kappa shape index (κ3) is 6.39. The summed E-state index contributed by atoms with van der Waals surface area (Å²) in [7, 11) is -0.520. The molecule has 51 heavy (non-hydrogen) atoms. The van der Waals surface area contributed by atoms with Crippen LogP contribution in [0.3, 0.4) is 0 Å². The van der Waals surface area contributed by atoms with Crippen LogP contribution in [-0.2, 0) is 16.2 Å². The zero-order valence-electron chi connectivity index (χ0n) is 33.4. The van der Waals surface area contributed by atoms with Gasteiger partial charge in [-0.1, -0.05) is 143 Å². The van der Waals surface area contributed by atoms with Crippen LogP contribution in [0.2, 0.25) is 5.04 Å². The van der Waals surface area contributed by atoms with E-state index in [4.69, 9.17) is 0 Å². The maximum atomic E-state index is 2.61. The molecule has 262 valence electrons. The average Bonchev–Trinajstić information content (AvgIpc) is 3.02. The van der Waals surface area contributed by atoms with Gasteiger partial charge in [0.1, 0.15) is 0 Å². The Morgan fingerprint density at radius 1 is 0.490 bits per heavy atom. The van der Waals surface area contributed by atoms with E-state index < -0.39 is 9.52 Å². The standard InChI is InChI=1S/C47H57BN2Si/c1-30-26-41-43-42(27-30)50(38-17-15-14-16-35(38)46(8,9)10)40-25-23-34(51-47(11,12)13)29-37(40)48(43)36-28-32(45(5,6)7)20-24-39(36)49(41)33-21-18-31(19-22-33)44(2,3)4/h14-29H,51H2,1-13H3. The fourth-order valence-electron chi connectivity index (χ4n) is 8.33. The molecule has 0 atom stereocenters. The van der Waals surface area contributed by atoms with Crippen LogP contribution in [0.5, 0.6) is 0 Å². The highest BCUT2D eigenvalue weighted by Crippen LogP contribution is 2.47. The normalized spacial score (nSPS) is 14.6. The Labute approximate surface area is 311 Å². The molecule has 0 unspecified atom stereocenters. The zero-order valence-corrected chi connectivity index (χ0v) is 34.8. The predicted octanol–water partition coefficient (Wildman–Crippen LogP) is 9.98. The number of para-hydroxylation sites is 1. The SMILES string of the molecule is Cc1cc2c3c(c1)N(c1ccccc1C(C)(C)C)c1ccc([SiH2]C(C)(C)C)cc1B3c1cc(C(C)(C)C)ccc1N2c1ccc(C(C)(C)C)cc1. The number of aryl methyl sites for hydroxylation is 1. The summed E-state index contributed by atoms with van der Waals surface area (Å²) in [4.78, 5) is 5.17. The second-order valence-corrected chi connectivity index (χ2v) is 22.8. The number of benzene rings is 5. The van der Waals surface area contributed by atoms with E-state index in [9.17, 15) is 0 Å². The average molecular weight is 689 g/mol. The molecule has 2 aliphatic rings. The first kappa shape index (κ1) is 35.4. The Balaban J connectivity index is 1.59. The van der Waals surface area contributed by atoms with Crippen molar-refractivity contribution >= 4 is 71.9 Å². The number of nitrogens with zero attached hydrogens (tertiary/aromatic N) is 2. The van der Waals surface area contributed by atoms with Crippen LogP contribution in [-0.4, -0.2) is 16.2 Å². The van der Waals surface area contributed by atoms with Crippen LogP contribution < -0.4 is 31.4 Å². The quantitative estimate of drug-likeness (QED) is 0.171. The molecule has 7 rings (SSSR count). The fraction of sp³-hybridized carbons (Fsp3) is 0.362. The lowest BCUT2D eigenvalue weighted by Gasteiger charge is -2.45. The van der Waals surface area contributed by atoms with E-state index in [1.807, 2.05) is 0 Å². The Bertz CT molecular complexity index is 2130. The van der Waals surface area contributed by atoms with Crippen molar-refractivity contribution < 1.29 is 0 Å². The summed E-state index contributed by atoms with van der Waals surface area (Å²) in [6, 6.07) is 38.2. The Hall–Kier alpha value is -4.02. The van der Waals surface area contributed by atoms with Crippen LogP contribution in [0.1, 0.15) is 105 Å². The first-order valence-electron chi connectivity index (χ1n) is 18.9. The number of fused-ring (bicyclic) bond motifs is 4. The molecule has 0 bridgehead atoms. The van der Waals surface area contributed by atoms with Crippen LogP contribution in [0.15, 0.2) is 97.1 Å². The Morgan fingerprint density at radius 2 is 1.04 bits per heavy atom. The molecule has 0 radical (unpaired) electrons. The van der Waals surface area contributed by atoms with Crippen molar-refractivity contribution in [3.63, 3.8) is 0 Å². The predicted molar refractivity (Wildman–Crippen MR) is 229 cm³/mol. The molecule has 2 aliphatic heterocycles. The highest BCUT2D eigenvalue weighted by molar-refractivity contribution is 7.00. The lowest BCUT2D eigenvalue weighted by molar-refractivity contribution is 0.590. The monoisotopic (exact) mass is 688 g/mol. The molecule has 0 aromatic heterocycles. The molecular formula is C47H57BN2Si. The van der Waals surface area contributed by atoms with Gasteiger partial charge in [-0.2, -0.15) is 0 Å².